The number of hydrogen-bond acceptors (Lipinski definition) is 4. The maximum absolute atomic E-state index is 12.7. The number of rotatable bonds is 5. The van der Waals surface area contributed by atoms with Gasteiger partial charge in [-0.15, -0.1) is 0 Å². The van der Waals surface area contributed by atoms with Crippen molar-refractivity contribution >= 4 is 15.9 Å². The molecule has 0 spiro atoms. The Labute approximate surface area is 143 Å². The molecule has 2 saturated heterocycles. The lowest BCUT2D eigenvalue weighted by atomic mass is 10.2. The van der Waals surface area contributed by atoms with E-state index in [9.17, 15) is 13.2 Å². The molecule has 1 amide bonds. The van der Waals surface area contributed by atoms with Crippen molar-refractivity contribution in [3.05, 3.63) is 29.8 Å². The molecule has 0 bridgehead atoms. The highest BCUT2D eigenvalue weighted by Crippen LogP contribution is 2.21. The third-order valence-electron chi connectivity index (χ3n) is 4.56. The van der Waals surface area contributed by atoms with Crippen LogP contribution in [0.3, 0.4) is 0 Å². The van der Waals surface area contributed by atoms with E-state index >= 15 is 0 Å². The zero-order chi connectivity index (χ0) is 17.0. The summed E-state index contributed by atoms with van der Waals surface area (Å²) in [7, 11) is -3.52. The van der Waals surface area contributed by atoms with Gasteiger partial charge in [-0.3, -0.25) is 4.79 Å². The average molecular weight is 352 g/mol. The SMILES string of the molecule is O=C(NC[C@H]1CCCO1)c1cccc(S(=O)(=O)N2CCCCC2)c1. The first-order valence-corrected chi connectivity index (χ1v) is 10.0. The van der Waals surface area contributed by atoms with Crippen molar-refractivity contribution in [3.63, 3.8) is 0 Å². The maximum Gasteiger partial charge on any atom is 0.251 e. The van der Waals surface area contributed by atoms with Gasteiger partial charge in [-0.25, -0.2) is 8.42 Å². The molecule has 0 radical (unpaired) electrons. The fraction of sp³-hybridized carbons (Fsp3) is 0.588. The molecule has 0 aliphatic carbocycles. The quantitative estimate of drug-likeness (QED) is 0.876. The Balaban J connectivity index is 1.69. The number of ether oxygens (including phenoxy) is 1. The van der Waals surface area contributed by atoms with E-state index in [0.29, 0.717) is 25.2 Å². The Kier molecular flexibility index (Phi) is 5.53. The van der Waals surface area contributed by atoms with Gasteiger partial charge in [0.25, 0.3) is 5.91 Å². The molecule has 1 atom stereocenters. The van der Waals surface area contributed by atoms with Gasteiger partial charge in [0.2, 0.25) is 10.0 Å². The molecule has 2 aliphatic heterocycles. The maximum atomic E-state index is 12.7. The number of carbonyl (C=O) groups excluding carboxylic acids is 1. The molecule has 0 saturated carbocycles. The van der Waals surface area contributed by atoms with Gasteiger partial charge in [0.05, 0.1) is 11.0 Å². The molecule has 2 heterocycles. The highest BCUT2D eigenvalue weighted by Gasteiger charge is 2.26. The van der Waals surface area contributed by atoms with Crippen molar-refractivity contribution in [2.24, 2.45) is 0 Å². The van der Waals surface area contributed by atoms with Crippen molar-refractivity contribution in [1.82, 2.24) is 9.62 Å². The number of amides is 1. The van der Waals surface area contributed by atoms with Gasteiger partial charge in [0.1, 0.15) is 0 Å². The van der Waals surface area contributed by atoms with Crippen LogP contribution < -0.4 is 5.32 Å². The summed E-state index contributed by atoms with van der Waals surface area (Å²) in [5.41, 5.74) is 0.367. The Morgan fingerprint density at radius 1 is 1.21 bits per heavy atom. The normalized spacial score (nSPS) is 22.4. The van der Waals surface area contributed by atoms with Crippen LogP contribution in [0, 0.1) is 0 Å². The van der Waals surface area contributed by atoms with E-state index in [1.54, 1.807) is 18.2 Å². The Hall–Kier alpha value is -1.44. The number of nitrogens with zero attached hydrogens (tertiary/aromatic N) is 1. The molecule has 1 aromatic rings. The van der Waals surface area contributed by atoms with E-state index in [1.807, 2.05) is 0 Å². The number of hydrogen-bond donors (Lipinski definition) is 1. The predicted octanol–water partition coefficient (Wildman–Crippen LogP) is 1.77. The number of benzene rings is 1. The first kappa shape index (κ1) is 17.4. The largest absolute Gasteiger partial charge is 0.376 e. The van der Waals surface area contributed by atoms with Gasteiger partial charge in [0, 0.05) is 31.8 Å². The van der Waals surface area contributed by atoms with Crippen molar-refractivity contribution in [1.29, 1.82) is 0 Å². The lowest BCUT2D eigenvalue weighted by Crippen LogP contribution is -2.36. The van der Waals surface area contributed by atoms with Crippen molar-refractivity contribution < 1.29 is 17.9 Å². The van der Waals surface area contributed by atoms with Crippen LogP contribution in [0.5, 0.6) is 0 Å². The summed E-state index contributed by atoms with van der Waals surface area (Å²) >= 11 is 0. The van der Waals surface area contributed by atoms with Crippen LogP contribution in [0.4, 0.5) is 0 Å². The highest BCUT2D eigenvalue weighted by atomic mass is 32.2. The van der Waals surface area contributed by atoms with E-state index in [0.717, 1.165) is 38.7 Å². The third-order valence-corrected chi connectivity index (χ3v) is 6.46. The molecule has 6 nitrogen and oxygen atoms in total. The molecule has 132 valence electrons. The molecule has 1 N–H and O–H groups in total. The molecule has 7 heteroatoms. The molecular weight excluding hydrogens is 328 g/mol. The second-order valence-corrected chi connectivity index (χ2v) is 8.28. The van der Waals surface area contributed by atoms with Crippen LogP contribution >= 0.6 is 0 Å². The van der Waals surface area contributed by atoms with Crippen molar-refractivity contribution in [2.75, 3.05) is 26.2 Å². The molecule has 24 heavy (non-hydrogen) atoms. The monoisotopic (exact) mass is 352 g/mol. The predicted molar refractivity (Wildman–Crippen MR) is 90.4 cm³/mol. The minimum atomic E-state index is -3.52. The van der Waals surface area contributed by atoms with Gasteiger partial charge >= 0.3 is 0 Å². The van der Waals surface area contributed by atoms with Crippen LogP contribution in [0.2, 0.25) is 0 Å². The van der Waals surface area contributed by atoms with Crippen molar-refractivity contribution in [2.45, 2.75) is 43.1 Å². The Morgan fingerprint density at radius 2 is 2.00 bits per heavy atom. The van der Waals surface area contributed by atoms with Gasteiger partial charge < -0.3 is 10.1 Å². The second kappa shape index (κ2) is 7.63. The summed E-state index contributed by atoms with van der Waals surface area (Å²) in [6.07, 6.45) is 4.88. The fourth-order valence-corrected chi connectivity index (χ4v) is 4.73. The highest BCUT2D eigenvalue weighted by molar-refractivity contribution is 7.89. The van der Waals surface area contributed by atoms with Gasteiger partial charge in [-0.05, 0) is 43.9 Å². The summed E-state index contributed by atoms with van der Waals surface area (Å²) in [5.74, 6) is -0.263. The first-order valence-electron chi connectivity index (χ1n) is 8.57. The molecule has 2 fully saturated rings. The minimum absolute atomic E-state index is 0.0641. The summed E-state index contributed by atoms with van der Waals surface area (Å²) in [4.78, 5) is 12.5. The van der Waals surface area contributed by atoms with E-state index in [-0.39, 0.29) is 16.9 Å². The van der Waals surface area contributed by atoms with E-state index in [4.69, 9.17) is 4.74 Å². The summed E-state index contributed by atoms with van der Waals surface area (Å²) in [6, 6.07) is 6.29. The zero-order valence-corrected chi connectivity index (χ0v) is 14.6. The Morgan fingerprint density at radius 3 is 2.71 bits per heavy atom. The molecule has 1 aromatic carbocycles. The molecular formula is C17H24N2O4S. The summed E-state index contributed by atoms with van der Waals surface area (Å²) in [6.45, 7) is 2.31. The molecule has 2 aliphatic rings. The topological polar surface area (TPSA) is 75.7 Å². The van der Waals surface area contributed by atoms with Gasteiger partial charge in [-0.2, -0.15) is 4.31 Å². The lowest BCUT2D eigenvalue weighted by Gasteiger charge is -2.26. The number of sulfonamides is 1. The van der Waals surface area contributed by atoms with Crippen LogP contribution in [-0.2, 0) is 14.8 Å². The number of carbonyl (C=O) groups is 1. The zero-order valence-electron chi connectivity index (χ0n) is 13.7. The summed E-state index contributed by atoms with van der Waals surface area (Å²) in [5, 5.41) is 2.83. The van der Waals surface area contributed by atoms with Crippen LogP contribution in [-0.4, -0.2) is 51.0 Å². The van der Waals surface area contributed by atoms with Gasteiger partial charge in [-0.1, -0.05) is 12.5 Å². The lowest BCUT2D eigenvalue weighted by molar-refractivity contribution is 0.0857. The van der Waals surface area contributed by atoms with E-state index < -0.39 is 10.0 Å². The van der Waals surface area contributed by atoms with Crippen molar-refractivity contribution in [3.8, 4) is 0 Å². The molecule has 0 unspecified atom stereocenters. The van der Waals surface area contributed by atoms with Gasteiger partial charge in [0.15, 0.2) is 0 Å². The number of piperidine rings is 1. The third kappa shape index (κ3) is 3.96. The van der Waals surface area contributed by atoms with Crippen LogP contribution in [0.25, 0.3) is 0 Å². The van der Waals surface area contributed by atoms with Crippen LogP contribution in [0.15, 0.2) is 29.2 Å². The molecule has 3 rings (SSSR count). The standard InChI is InChI=1S/C17H24N2O4S/c20-17(18-13-15-7-5-11-23-15)14-6-4-8-16(12-14)24(21,22)19-9-2-1-3-10-19/h4,6,8,12,15H,1-3,5,7,9-11,13H2,(H,18,20)/t15-/m1/s1. The Bertz CT molecular complexity index is 678. The van der Waals surface area contributed by atoms with Crippen LogP contribution in [0.1, 0.15) is 42.5 Å². The van der Waals surface area contributed by atoms with E-state index in [1.165, 1.54) is 10.4 Å². The van der Waals surface area contributed by atoms with E-state index in [2.05, 4.69) is 5.32 Å². The second-order valence-electron chi connectivity index (χ2n) is 6.34. The average Bonchev–Trinajstić information content (AvgIpc) is 3.14. The molecule has 0 aromatic heterocycles. The smallest absolute Gasteiger partial charge is 0.251 e. The minimum Gasteiger partial charge on any atom is -0.376 e. The first-order chi connectivity index (χ1) is 11.6. The number of nitrogens with one attached hydrogen (secondary N) is 1. The fourth-order valence-electron chi connectivity index (χ4n) is 3.17. The summed E-state index contributed by atoms with van der Waals surface area (Å²) < 4.78 is 32.4.